The molecule has 0 fully saturated rings. The number of rotatable bonds is 3. The third-order valence-electron chi connectivity index (χ3n) is 2.51. The molecule has 2 rings (SSSR count). The highest BCUT2D eigenvalue weighted by Gasteiger charge is 2.27. The number of benzene rings is 1. The van der Waals surface area contributed by atoms with Crippen LogP contribution in [0.15, 0.2) is 29.2 Å². The molecule has 0 spiro atoms. The van der Waals surface area contributed by atoms with Gasteiger partial charge in [-0.25, -0.2) is 0 Å². The lowest BCUT2D eigenvalue weighted by atomic mass is 10.1. The van der Waals surface area contributed by atoms with Crippen molar-refractivity contribution in [1.82, 2.24) is 5.32 Å². The second-order valence-electron chi connectivity index (χ2n) is 4.01. The van der Waals surface area contributed by atoms with E-state index in [-0.39, 0.29) is 11.2 Å². The molecule has 16 heavy (non-hydrogen) atoms. The van der Waals surface area contributed by atoms with Gasteiger partial charge in [-0.15, -0.1) is 11.8 Å². The standard InChI is InChI=1S/C12H15NO2S/c1-8(14)7-13-12(15)11-6-9-4-2-3-5-10(9)16-11/h2-5,8,11,14H,6-7H2,1H3,(H,13,15)/t8-,11?/m1/s1. The maximum absolute atomic E-state index is 11.8. The summed E-state index contributed by atoms with van der Waals surface area (Å²) >= 11 is 1.60. The van der Waals surface area contributed by atoms with Crippen molar-refractivity contribution in [2.45, 2.75) is 29.6 Å². The Labute approximate surface area is 99.2 Å². The monoisotopic (exact) mass is 237 g/mol. The molecule has 3 nitrogen and oxygen atoms in total. The third-order valence-corrected chi connectivity index (χ3v) is 3.83. The zero-order valence-corrected chi connectivity index (χ0v) is 9.96. The molecule has 1 aliphatic heterocycles. The summed E-state index contributed by atoms with van der Waals surface area (Å²) in [6, 6.07) is 8.09. The molecule has 1 aromatic rings. The van der Waals surface area contributed by atoms with Crippen molar-refractivity contribution in [3.63, 3.8) is 0 Å². The minimum Gasteiger partial charge on any atom is -0.392 e. The average molecular weight is 237 g/mol. The van der Waals surface area contributed by atoms with Crippen LogP contribution in [-0.4, -0.2) is 28.9 Å². The van der Waals surface area contributed by atoms with E-state index in [4.69, 9.17) is 5.11 Å². The summed E-state index contributed by atoms with van der Waals surface area (Å²) in [5.41, 5.74) is 1.24. The first-order valence-corrected chi connectivity index (χ1v) is 6.25. The second kappa shape index (κ2) is 4.89. The molecule has 4 heteroatoms. The zero-order valence-electron chi connectivity index (χ0n) is 9.14. The molecule has 0 saturated carbocycles. The highest BCUT2D eigenvalue weighted by molar-refractivity contribution is 8.01. The number of hydrogen-bond acceptors (Lipinski definition) is 3. The van der Waals surface area contributed by atoms with E-state index in [1.54, 1.807) is 18.7 Å². The van der Waals surface area contributed by atoms with Crippen LogP contribution in [0.5, 0.6) is 0 Å². The topological polar surface area (TPSA) is 49.3 Å². The lowest BCUT2D eigenvalue weighted by molar-refractivity contribution is -0.120. The van der Waals surface area contributed by atoms with Crippen LogP contribution in [0.2, 0.25) is 0 Å². The third kappa shape index (κ3) is 2.57. The SMILES string of the molecule is C[C@@H](O)CNC(=O)C1Cc2ccccc2S1. The summed E-state index contributed by atoms with van der Waals surface area (Å²) in [5, 5.41) is 11.8. The second-order valence-corrected chi connectivity index (χ2v) is 5.26. The minimum absolute atomic E-state index is 0.0158. The largest absolute Gasteiger partial charge is 0.392 e. The summed E-state index contributed by atoms with van der Waals surface area (Å²) in [7, 11) is 0. The normalized spacial score (nSPS) is 20.2. The van der Waals surface area contributed by atoms with Crippen LogP contribution in [0.1, 0.15) is 12.5 Å². The minimum atomic E-state index is -0.488. The van der Waals surface area contributed by atoms with Gasteiger partial charge in [0.05, 0.1) is 11.4 Å². The first-order valence-electron chi connectivity index (χ1n) is 5.37. The molecule has 86 valence electrons. The van der Waals surface area contributed by atoms with Crippen molar-refractivity contribution < 1.29 is 9.90 Å². The fraction of sp³-hybridized carbons (Fsp3) is 0.417. The quantitative estimate of drug-likeness (QED) is 0.830. The highest BCUT2D eigenvalue weighted by Crippen LogP contribution is 2.36. The molecule has 0 saturated heterocycles. The molecular weight excluding hydrogens is 222 g/mol. The number of fused-ring (bicyclic) bond motifs is 1. The zero-order chi connectivity index (χ0) is 11.5. The van der Waals surface area contributed by atoms with Gasteiger partial charge < -0.3 is 10.4 Å². The molecule has 1 amide bonds. The van der Waals surface area contributed by atoms with Crippen molar-refractivity contribution >= 4 is 17.7 Å². The van der Waals surface area contributed by atoms with E-state index in [9.17, 15) is 4.79 Å². The number of aliphatic hydroxyl groups is 1. The summed E-state index contributed by atoms with van der Waals surface area (Å²) in [6.07, 6.45) is 0.296. The summed E-state index contributed by atoms with van der Waals surface area (Å²) in [5.74, 6) is 0.0158. The lowest BCUT2D eigenvalue weighted by Gasteiger charge is -2.10. The van der Waals surface area contributed by atoms with Crippen LogP contribution in [0.4, 0.5) is 0 Å². The Morgan fingerprint density at radius 3 is 3.06 bits per heavy atom. The maximum atomic E-state index is 11.8. The number of carbonyl (C=O) groups excluding carboxylic acids is 1. The molecule has 1 heterocycles. The Morgan fingerprint density at radius 1 is 1.62 bits per heavy atom. The first-order chi connectivity index (χ1) is 7.66. The number of carbonyl (C=O) groups is 1. The Kier molecular flexibility index (Phi) is 3.51. The fourth-order valence-electron chi connectivity index (χ4n) is 1.69. The van der Waals surface area contributed by atoms with Crippen LogP contribution >= 0.6 is 11.8 Å². The van der Waals surface area contributed by atoms with Gasteiger partial charge in [-0.2, -0.15) is 0 Å². The number of amides is 1. The summed E-state index contributed by atoms with van der Waals surface area (Å²) < 4.78 is 0. The van der Waals surface area contributed by atoms with Gasteiger partial charge in [-0.05, 0) is 25.0 Å². The molecule has 0 radical (unpaired) electrons. The van der Waals surface area contributed by atoms with Crippen molar-refractivity contribution in [3.05, 3.63) is 29.8 Å². The molecule has 0 aromatic heterocycles. The first kappa shape index (κ1) is 11.5. The van der Waals surface area contributed by atoms with Gasteiger partial charge in [0.2, 0.25) is 5.91 Å². The fourth-order valence-corrected chi connectivity index (χ4v) is 2.91. The van der Waals surface area contributed by atoms with E-state index in [0.717, 1.165) is 6.42 Å². The van der Waals surface area contributed by atoms with Gasteiger partial charge in [0.25, 0.3) is 0 Å². The van der Waals surface area contributed by atoms with Crippen molar-refractivity contribution in [3.8, 4) is 0 Å². The molecule has 0 aliphatic carbocycles. The molecule has 1 aromatic carbocycles. The summed E-state index contributed by atoms with van der Waals surface area (Å²) in [6.45, 7) is 1.99. The van der Waals surface area contributed by atoms with Gasteiger partial charge >= 0.3 is 0 Å². The Balaban J connectivity index is 1.93. The predicted molar refractivity (Wildman–Crippen MR) is 64.5 cm³/mol. The van der Waals surface area contributed by atoms with E-state index in [0.29, 0.717) is 6.54 Å². The van der Waals surface area contributed by atoms with E-state index in [1.165, 1.54) is 10.5 Å². The van der Waals surface area contributed by atoms with E-state index in [2.05, 4.69) is 11.4 Å². The van der Waals surface area contributed by atoms with Crippen LogP contribution in [0.3, 0.4) is 0 Å². The molecule has 0 bridgehead atoms. The molecule has 1 aliphatic rings. The Morgan fingerprint density at radius 2 is 2.38 bits per heavy atom. The number of nitrogens with one attached hydrogen (secondary N) is 1. The van der Waals surface area contributed by atoms with Crippen molar-refractivity contribution in [2.75, 3.05) is 6.54 Å². The van der Waals surface area contributed by atoms with E-state index < -0.39 is 6.10 Å². The number of aliphatic hydroxyl groups excluding tert-OH is 1. The van der Waals surface area contributed by atoms with Crippen molar-refractivity contribution in [1.29, 1.82) is 0 Å². The maximum Gasteiger partial charge on any atom is 0.233 e. The molecule has 2 atom stereocenters. The summed E-state index contributed by atoms with van der Waals surface area (Å²) in [4.78, 5) is 13.0. The van der Waals surface area contributed by atoms with E-state index in [1.807, 2.05) is 18.2 Å². The average Bonchev–Trinajstić information content (AvgIpc) is 2.69. The Hall–Kier alpha value is -1.00. The van der Waals surface area contributed by atoms with Gasteiger partial charge in [0.15, 0.2) is 0 Å². The predicted octanol–water partition coefficient (Wildman–Crippen LogP) is 1.20. The van der Waals surface area contributed by atoms with Gasteiger partial charge in [0.1, 0.15) is 0 Å². The number of thioether (sulfide) groups is 1. The number of hydrogen-bond donors (Lipinski definition) is 2. The van der Waals surface area contributed by atoms with Gasteiger partial charge in [-0.3, -0.25) is 4.79 Å². The highest BCUT2D eigenvalue weighted by atomic mass is 32.2. The van der Waals surface area contributed by atoms with Crippen molar-refractivity contribution in [2.24, 2.45) is 0 Å². The van der Waals surface area contributed by atoms with Gasteiger partial charge in [-0.1, -0.05) is 18.2 Å². The van der Waals surface area contributed by atoms with Crippen LogP contribution in [0, 0.1) is 0 Å². The van der Waals surface area contributed by atoms with E-state index >= 15 is 0 Å². The smallest absolute Gasteiger partial charge is 0.233 e. The van der Waals surface area contributed by atoms with Crippen LogP contribution < -0.4 is 5.32 Å². The lowest BCUT2D eigenvalue weighted by Crippen LogP contribution is -2.36. The molecule has 1 unspecified atom stereocenters. The molecular formula is C12H15NO2S. The molecule has 2 N–H and O–H groups in total. The Bertz CT molecular complexity index is 367. The van der Waals surface area contributed by atoms with Crippen LogP contribution in [0.25, 0.3) is 0 Å². The van der Waals surface area contributed by atoms with Crippen LogP contribution in [-0.2, 0) is 11.2 Å². The van der Waals surface area contributed by atoms with Gasteiger partial charge in [0, 0.05) is 11.4 Å².